The van der Waals surface area contributed by atoms with Crippen LogP contribution in [0, 0.1) is 0 Å². The highest BCUT2D eigenvalue weighted by atomic mass is 16.5. The zero-order chi connectivity index (χ0) is 13.1. The van der Waals surface area contributed by atoms with Gasteiger partial charge in [-0.05, 0) is 11.6 Å². The van der Waals surface area contributed by atoms with Crippen LogP contribution in [0.15, 0.2) is 4.52 Å². The summed E-state index contributed by atoms with van der Waals surface area (Å²) < 4.78 is 5.18. The summed E-state index contributed by atoms with van der Waals surface area (Å²) in [6, 6.07) is 0. The van der Waals surface area contributed by atoms with Gasteiger partial charge in [0.05, 0.1) is 6.54 Å². The first kappa shape index (κ1) is 13.5. The Kier molecular flexibility index (Phi) is 4.09. The van der Waals surface area contributed by atoms with Crippen molar-refractivity contribution in [3.05, 3.63) is 5.89 Å². The molecule has 0 aliphatic heterocycles. The number of rotatable bonds is 5. The summed E-state index contributed by atoms with van der Waals surface area (Å²) in [7, 11) is 0. The zero-order valence-electron chi connectivity index (χ0n) is 10.9. The van der Waals surface area contributed by atoms with E-state index in [1.165, 1.54) is 0 Å². The molecule has 0 saturated heterocycles. The van der Waals surface area contributed by atoms with E-state index in [9.17, 15) is 4.79 Å². The van der Waals surface area contributed by atoms with Crippen LogP contribution in [-0.2, 0) is 10.2 Å². The smallest absolute Gasteiger partial charge is 0.266 e. The van der Waals surface area contributed by atoms with Crippen molar-refractivity contribution >= 4 is 11.9 Å². The van der Waals surface area contributed by atoms with E-state index in [1.807, 2.05) is 27.7 Å². The second kappa shape index (κ2) is 5.16. The molecule has 0 aliphatic rings. The maximum atomic E-state index is 11.0. The fraction of sp³-hybridized carbons (Fsp3) is 0.727. The Morgan fingerprint density at radius 2 is 2.12 bits per heavy atom. The van der Waals surface area contributed by atoms with Crippen molar-refractivity contribution in [2.75, 3.05) is 18.0 Å². The lowest BCUT2D eigenvalue weighted by atomic mass is 9.97. The van der Waals surface area contributed by atoms with Gasteiger partial charge in [0.25, 0.3) is 5.95 Å². The van der Waals surface area contributed by atoms with Gasteiger partial charge in [-0.15, -0.1) is 0 Å². The number of hydrogen-bond donors (Lipinski definition) is 1. The third-order valence-corrected chi connectivity index (χ3v) is 2.18. The number of primary amides is 1. The number of anilines is 1. The van der Waals surface area contributed by atoms with Crippen molar-refractivity contribution in [3.63, 3.8) is 0 Å². The molecular weight excluding hydrogens is 220 g/mol. The molecule has 0 unspecified atom stereocenters. The highest BCUT2D eigenvalue weighted by Crippen LogP contribution is 2.22. The average Bonchev–Trinajstić information content (AvgIpc) is 2.64. The second-order valence-electron chi connectivity index (χ2n) is 5.04. The van der Waals surface area contributed by atoms with Gasteiger partial charge in [0.2, 0.25) is 11.8 Å². The first-order valence-electron chi connectivity index (χ1n) is 5.72. The lowest BCUT2D eigenvalue weighted by molar-refractivity contribution is -0.116. The van der Waals surface area contributed by atoms with Gasteiger partial charge in [-0.3, -0.25) is 4.79 Å². The number of nitrogens with two attached hydrogens (primary N) is 1. The van der Waals surface area contributed by atoms with Gasteiger partial charge in [0.1, 0.15) is 0 Å². The molecule has 6 heteroatoms. The molecule has 0 atom stereocenters. The summed E-state index contributed by atoms with van der Waals surface area (Å²) in [6.45, 7) is 8.76. The number of amides is 1. The molecule has 0 saturated carbocycles. The van der Waals surface area contributed by atoms with Crippen LogP contribution in [0.25, 0.3) is 0 Å². The predicted molar refractivity (Wildman–Crippen MR) is 64.7 cm³/mol. The van der Waals surface area contributed by atoms with Gasteiger partial charge >= 0.3 is 0 Å². The Labute approximate surface area is 101 Å². The van der Waals surface area contributed by atoms with E-state index in [-0.39, 0.29) is 12.0 Å². The molecule has 1 heterocycles. The fourth-order valence-electron chi connectivity index (χ4n) is 1.36. The summed E-state index contributed by atoms with van der Waals surface area (Å²) in [5, 5.41) is 3.89. The lowest BCUT2D eigenvalue weighted by Gasteiger charge is -2.17. The van der Waals surface area contributed by atoms with Crippen molar-refractivity contribution in [2.45, 2.75) is 39.5 Å². The molecule has 1 aromatic heterocycles. The largest absolute Gasteiger partial charge is 0.368 e. The fourth-order valence-corrected chi connectivity index (χ4v) is 1.36. The molecule has 1 aromatic rings. The van der Waals surface area contributed by atoms with E-state index in [1.54, 1.807) is 4.90 Å². The van der Waals surface area contributed by atoms with Crippen LogP contribution in [-0.4, -0.2) is 29.1 Å². The maximum Gasteiger partial charge on any atom is 0.266 e. The van der Waals surface area contributed by atoms with Crippen molar-refractivity contribution in [1.29, 1.82) is 0 Å². The molecule has 0 aromatic carbocycles. The van der Waals surface area contributed by atoms with Crippen molar-refractivity contribution in [2.24, 2.45) is 5.73 Å². The highest BCUT2D eigenvalue weighted by molar-refractivity contribution is 5.78. The van der Waals surface area contributed by atoms with Gasteiger partial charge in [-0.25, -0.2) is 0 Å². The highest BCUT2D eigenvalue weighted by Gasteiger charge is 2.24. The number of nitrogens with zero attached hydrogens (tertiary/aromatic N) is 3. The minimum Gasteiger partial charge on any atom is -0.368 e. The van der Waals surface area contributed by atoms with Gasteiger partial charge in [-0.1, -0.05) is 27.7 Å². The molecule has 0 spiro atoms. The van der Waals surface area contributed by atoms with Gasteiger partial charge in [0.15, 0.2) is 0 Å². The minimum atomic E-state index is -0.402. The summed E-state index contributed by atoms with van der Waals surface area (Å²) in [5.41, 5.74) is 4.99. The lowest BCUT2D eigenvalue weighted by Crippen LogP contribution is -2.35. The summed E-state index contributed by atoms with van der Waals surface area (Å²) in [6.07, 6.45) is 0.882. The van der Waals surface area contributed by atoms with Crippen LogP contribution in [0.3, 0.4) is 0 Å². The molecule has 0 bridgehead atoms. The summed E-state index contributed by atoms with van der Waals surface area (Å²) in [5.74, 6) is 0.578. The van der Waals surface area contributed by atoms with Crippen molar-refractivity contribution in [1.82, 2.24) is 10.1 Å². The van der Waals surface area contributed by atoms with E-state index >= 15 is 0 Å². The SMILES string of the molecule is CCCN(CC(N)=O)c1noc(C(C)(C)C)n1. The van der Waals surface area contributed by atoms with E-state index in [0.29, 0.717) is 18.4 Å². The molecule has 2 N–H and O–H groups in total. The van der Waals surface area contributed by atoms with E-state index in [0.717, 1.165) is 6.42 Å². The van der Waals surface area contributed by atoms with Crippen LogP contribution < -0.4 is 10.6 Å². The Morgan fingerprint density at radius 3 is 2.53 bits per heavy atom. The normalized spacial score (nSPS) is 11.5. The van der Waals surface area contributed by atoms with Gasteiger partial charge in [0, 0.05) is 12.0 Å². The van der Waals surface area contributed by atoms with Crippen LogP contribution in [0.5, 0.6) is 0 Å². The number of carbonyl (C=O) groups is 1. The Bertz CT molecular complexity index is 381. The van der Waals surface area contributed by atoms with E-state index in [2.05, 4.69) is 10.1 Å². The van der Waals surface area contributed by atoms with Crippen LogP contribution in [0.2, 0.25) is 0 Å². The minimum absolute atomic E-state index is 0.108. The van der Waals surface area contributed by atoms with Crippen molar-refractivity contribution in [3.8, 4) is 0 Å². The maximum absolute atomic E-state index is 11.0. The molecule has 6 nitrogen and oxygen atoms in total. The zero-order valence-corrected chi connectivity index (χ0v) is 10.9. The van der Waals surface area contributed by atoms with Crippen molar-refractivity contribution < 1.29 is 9.32 Å². The quantitative estimate of drug-likeness (QED) is 0.832. The summed E-state index contributed by atoms with van der Waals surface area (Å²) in [4.78, 5) is 17.0. The van der Waals surface area contributed by atoms with Crippen LogP contribution >= 0.6 is 0 Å². The molecule has 0 fully saturated rings. The third kappa shape index (κ3) is 3.72. The monoisotopic (exact) mass is 240 g/mol. The Morgan fingerprint density at radius 1 is 1.47 bits per heavy atom. The third-order valence-electron chi connectivity index (χ3n) is 2.18. The second-order valence-corrected chi connectivity index (χ2v) is 5.04. The van der Waals surface area contributed by atoms with Crippen LogP contribution in [0.4, 0.5) is 5.95 Å². The Balaban J connectivity index is 2.87. The molecular formula is C11H20N4O2. The molecule has 17 heavy (non-hydrogen) atoms. The van der Waals surface area contributed by atoms with Crippen LogP contribution in [0.1, 0.15) is 40.0 Å². The molecule has 1 rings (SSSR count). The molecule has 0 radical (unpaired) electrons. The van der Waals surface area contributed by atoms with E-state index < -0.39 is 5.91 Å². The number of carbonyl (C=O) groups excluding carboxylic acids is 1. The first-order valence-corrected chi connectivity index (χ1v) is 5.72. The topological polar surface area (TPSA) is 85.2 Å². The van der Waals surface area contributed by atoms with Gasteiger partial charge < -0.3 is 15.2 Å². The van der Waals surface area contributed by atoms with E-state index in [4.69, 9.17) is 10.3 Å². The first-order chi connectivity index (χ1) is 7.84. The predicted octanol–water partition coefficient (Wildman–Crippen LogP) is 1.07. The summed E-state index contributed by atoms with van der Waals surface area (Å²) >= 11 is 0. The number of hydrogen-bond acceptors (Lipinski definition) is 5. The Hall–Kier alpha value is -1.59. The standard InChI is InChI=1S/C11H20N4O2/c1-5-6-15(7-8(12)16)10-13-9(17-14-10)11(2,3)4/h5-7H2,1-4H3,(H2,12,16). The molecule has 96 valence electrons. The van der Waals surface area contributed by atoms with Gasteiger partial charge in [-0.2, -0.15) is 4.98 Å². The average molecular weight is 240 g/mol. The molecule has 1 amide bonds. The molecule has 0 aliphatic carbocycles. The number of aromatic nitrogens is 2.